The monoisotopic (exact) mass is 166 g/mol. The highest BCUT2D eigenvalue weighted by atomic mass is 19.1. The molecule has 3 heteroatoms. The van der Waals surface area contributed by atoms with Gasteiger partial charge in [0.15, 0.2) is 5.78 Å². The second kappa shape index (κ2) is 2.68. The van der Waals surface area contributed by atoms with Gasteiger partial charge >= 0.3 is 0 Å². The van der Waals surface area contributed by atoms with Crippen LogP contribution in [0.2, 0.25) is 0 Å². The van der Waals surface area contributed by atoms with Gasteiger partial charge in [-0.25, -0.2) is 4.39 Å². The summed E-state index contributed by atoms with van der Waals surface area (Å²) in [5.74, 6) is -0.518. The van der Waals surface area contributed by atoms with E-state index in [1.54, 1.807) is 6.07 Å². The van der Waals surface area contributed by atoms with E-state index >= 15 is 0 Å². The van der Waals surface area contributed by atoms with Crippen molar-refractivity contribution in [3.05, 3.63) is 35.6 Å². The second-order valence-electron chi connectivity index (χ2n) is 2.70. The van der Waals surface area contributed by atoms with Gasteiger partial charge in [0.1, 0.15) is 11.9 Å². The van der Waals surface area contributed by atoms with Crippen LogP contribution in [0.3, 0.4) is 0 Å². The Balaban J connectivity index is 2.26. The third-order valence-corrected chi connectivity index (χ3v) is 1.73. The van der Waals surface area contributed by atoms with Gasteiger partial charge in [-0.15, -0.1) is 0 Å². The summed E-state index contributed by atoms with van der Waals surface area (Å²) in [5, 5.41) is 0. The fourth-order valence-corrected chi connectivity index (χ4v) is 1.03. The molecule has 1 aliphatic heterocycles. The van der Waals surface area contributed by atoms with E-state index in [0.29, 0.717) is 12.2 Å². The van der Waals surface area contributed by atoms with E-state index in [2.05, 4.69) is 0 Å². The summed E-state index contributed by atoms with van der Waals surface area (Å²) in [6.45, 7) is 0.468. The lowest BCUT2D eigenvalue weighted by Gasteiger charge is -1.95. The molecule has 2 rings (SSSR count). The summed E-state index contributed by atoms with van der Waals surface area (Å²) >= 11 is 0. The maximum absolute atomic E-state index is 12.6. The number of carbonyl (C=O) groups excluding carboxylic acids is 1. The van der Waals surface area contributed by atoms with Crippen molar-refractivity contribution >= 4 is 5.78 Å². The third-order valence-electron chi connectivity index (χ3n) is 1.73. The van der Waals surface area contributed by atoms with Crippen LogP contribution in [0.5, 0.6) is 0 Å². The molecule has 0 radical (unpaired) electrons. The Morgan fingerprint density at radius 3 is 2.92 bits per heavy atom. The molecule has 1 atom stereocenters. The molecule has 1 fully saturated rings. The molecule has 0 spiro atoms. The highest BCUT2D eigenvalue weighted by Gasteiger charge is 2.31. The summed E-state index contributed by atoms with van der Waals surface area (Å²) in [7, 11) is 0. The average molecular weight is 166 g/mol. The molecule has 0 saturated carbocycles. The van der Waals surface area contributed by atoms with Crippen molar-refractivity contribution in [2.75, 3.05) is 6.61 Å². The molecule has 1 aromatic rings. The molecule has 0 amide bonds. The minimum Gasteiger partial charge on any atom is -0.364 e. The Morgan fingerprint density at radius 1 is 1.58 bits per heavy atom. The van der Waals surface area contributed by atoms with Crippen molar-refractivity contribution in [1.29, 1.82) is 0 Å². The molecule has 1 aromatic carbocycles. The van der Waals surface area contributed by atoms with Crippen LogP contribution < -0.4 is 0 Å². The van der Waals surface area contributed by atoms with E-state index in [0.717, 1.165) is 0 Å². The number of epoxide rings is 1. The van der Waals surface area contributed by atoms with Gasteiger partial charge in [0, 0.05) is 5.56 Å². The molecule has 1 heterocycles. The van der Waals surface area contributed by atoms with Crippen LogP contribution in [0.25, 0.3) is 0 Å². The fraction of sp³-hybridized carbons (Fsp3) is 0.222. The van der Waals surface area contributed by atoms with Crippen LogP contribution in [0.1, 0.15) is 10.4 Å². The molecule has 1 unspecified atom stereocenters. The van der Waals surface area contributed by atoms with Crippen LogP contribution >= 0.6 is 0 Å². The summed E-state index contributed by atoms with van der Waals surface area (Å²) in [5.41, 5.74) is 0.387. The van der Waals surface area contributed by atoms with Crippen molar-refractivity contribution in [3.8, 4) is 0 Å². The normalized spacial score (nSPS) is 20.6. The number of hydrogen-bond donors (Lipinski definition) is 0. The van der Waals surface area contributed by atoms with Gasteiger partial charge in [-0.1, -0.05) is 12.1 Å². The highest BCUT2D eigenvalue weighted by molar-refractivity contribution is 6.00. The first kappa shape index (κ1) is 7.43. The first-order chi connectivity index (χ1) is 5.77. The van der Waals surface area contributed by atoms with Gasteiger partial charge in [-0.3, -0.25) is 4.79 Å². The summed E-state index contributed by atoms with van der Waals surface area (Å²) in [4.78, 5) is 11.3. The highest BCUT2D eigenvalue weighted by Crippen LogP contribution is 2.16. The van der Waals surface area contributed by atoms with Crippen molar-refractivity contribution in [2.24, 2.45) is 0 Å². The maximum atomic E-state index is 12.6. The zero-order valence-electron chi connectivity index (χ0n) is 6.29. The van der Waals surface area contributed by atoms with E-state index < -0.39 is 0 Å². The Bertz CT molecular complexity index is 318. The summed E-state index contributed by atoms with van der Waals surface area (Å²) in [6, 6.07) is 5.65. The number of benzene rings is 1. The van der Waals surface area contributed by atoms with Crippen LogP contribution in [-0.4, -0.2) is 18.5 Å². The number of carbonyl (C=O) groups is 1. The minimum absolute atomic E-state index is 0.130. The minimum atomic E-state index is -0.387. The van der Waals surface area contributed by atoms with Gasteiger partial charge < -0.3 is 4.74 Å². The third kappa shape index (κ3) is 1.36. The summed E-state index contributed by atoms with van der Waals surface area (Å²) < 4.78 is 17.4. The summed E-state index contributed by atoms with van der Waals surface area (Å²) in [6.07, 6.45) is -0.327. The predicted molar refractivity (Wildman–Crippen MR) is 40.5 cm³/mol. The van der Waals surface area contributed by atoms with E-state index in [4.69, 9.17) is 4.74 Å². The number of Topliss-reactive ketones (excluding diaryl/α,β-unsaturated/α-hetero) is 1. The molecule has 12 heavy (non-hydrogen) atoms. The van der Waals surface area contributed by atoms with Crippen molar-refractivity contribution in [3.63, 3.8) is 0 Å². The second-order valence-corrected chi connectivity index (χ2v) is 2.70. The first-order valence-electron chi connectivity index (χ1n) is 3.69. The Kier molecular flexibility index (Phi) is 1.66. The molecule has 0 aromatic heterocycles. The van der Waals surface area contributed by atoms with Crippen molar-refractivity contribution in [1.82, 2.24) is 0 Å². The molecule has 1 aliphatic rings. The first-order valence-corrected chi connectivity index (χ1v) is 3.69. The number of halogens is 1. The molecular formula is C9H7FO2. The number of ketones is 1. The van der Waals surface area contributed by atoms with Gasteiger partial charge in [0.2, 0.25) is 0 Å². The average Bonchev–Trinajstić information content (AvgIpc) is 2.85. The van der Waals surface area contributed by atoms with Crippen molar-refractivity contribution < 1.29 is 13.9 Å². The lowest BCUT2D eigenvalue weighted by molar-refractivity contribution is 0.0953. The standard InChI is InChI=1S/C9H7FO2/c10-7-3-1-2-6(4-7)9(11)8-5-12-8/h1-4,8H,5H2. The molecule has 0 bridgehead atoms. The fourth-order valence-electron chi connectivity index (χ4n) is 1.03. The topological polar surface area (TPSA) is 29.6 Å². The maximum Gasteiger partial charge on any atom is 0.194 e. The van der Waals surface area contributed by atoms with Crippen LogP contribution in [-0.2, 0) is 4.74 Å². The van der Waals surface area contributed by atoms with Gasteiger partial charge in [-0.05, 0) is 12.1 Å². The molecule has 2 nitrogen and oxygen atoms in total. The Labute approximate surface area is 69.0 Å². The SMILES string of the molecule is O=C(c1cccc(F)c1)C1CO1. The van der Waals surface area contributed by atoms with E-state index in [1.807, 2.05) is 0 Å². The zero-order chi connectivity index (χ0) is 8.55. The quantitative estimate of drug-likeness (QED) is 0.491. The molecule has 1 saturated heterocycles. The zero-order valence-corrected chi connectivity index (χ0v) is 6.29. The van der Waals surface area contributed by atoms with Gasteiger partial charge in [-0.2, -0.15) is 0 Å². The smallest absolute Gasteiger partial charge is 0.194 e. The Morgan fingerprint density at radius 2 is 2.33 bits per heavy atom. The molecule has 0 aliphatic carbocycles. The largest absolute Gasteiger partial charge is 0.364 e. The van der Waals surface area contributed by atoms with E-state index in [1.165, 1.54) is 18.2 Å². The van der Waals surface area contributed by atoms with Crippen LogP contribution in [0.15, 0.2) is 24.3 Å². The lowest BCUT2D eigenvalue weighted by atomic mass is 10.1. The predicted octanol–water partition coefficient (Wildman–Crippen LogP) is 1.41. The van der Waals surface area contributed by atoms with Gasteiger partial charge in [0.05, 0.1) is 6.61 Å². The molecular weight excluding hydrogens is 159 g/mol. The number of ether oxygens (including phenoxy) is 1. The number of rotatable bonds is 2. The lowest BCUT2D eigenvalue weighted by Crippen LogP contribution is -2.06. The van der Waals surface area contributed by atoms with Crippen LogP contribution in [0, 0.1) is 5.82 Å². The van der Waals surface area contributed by atoms with E-state index in [-0.39, 0.29) is 17.7 Å². The van der Waals surface area contributed by atoms with Crippen molar-refractivity contribution in [2.45, 2.75) is 6.10 Å². The van der Waals surface area contributed by atoms with Gasteiger partial charge in [0.25, 0.3) is 0 Å². The molecule has 62 valence electrons. The van der Waals surface area contributed by atoms with E-state index in [9.17, 15) is 9.18 Å². The molecule has 0 N–H and O–H groups in total. The van der Waals surface area contributed by atoms with Crippen LogP contribution in [0.4, 0.5) is 4.39 Å². The number of hydrogen-bond acceptors (Lipinski definition) is 2. The Hall–Kier alpha value is -1.22.